The molecule has 154 valence electrons. The minimum atomic E-state index is -3.99. The summed E-state index contributed by atoms with van der Waals surface area (Å²) >= 11 is 0. The molecule has 0 fully saturated rings. The van der Waals surface area contributed by atoms with Gasteiger partial charge >= 0.3 is 0 Å². The maximum atomic E-state index is 11.2. The Labute approximate surface area is 172 Å². The fraction of sp³-hybridized carbons (Fsp3) is 0.318. The van der Waals surface area contributed by atoms with Crippen molar-refractivity contribution in [3.8, 4) is 5.75 Å². The molecule has 6 nitrogen and oxygen atoms in total. The third-order valence-electron chi connectivity index (χ3n) is 5.15. The monoisotopic (exact) mass is 415 g/mol. The molecule has 1 aliphatic rings. The Balaban J connectivity index is 1.95. The van der Waals surface area contributed by atoms with Gasteiger partial charge in [0.25, 0.3) is 10.1 Å². The van der Waals surface area contributed by atoms with Crippen LogP contribution >= 0.6 is 0 Å². The normalized spacial score (nSPS) is 15.6. The van der Waals surface area contributed by atoms with Crippen molar-refractivity contribution in [1.29, 1.82) is 0 Å². The van der Waals surface area contributed by atoms with Crippen molar-refractivity contribution in [3.63, 3.8) is 0 Å². The average Bonchev–Trinajstić information content (AvgIpc) is 2.88. The molecule has 2 aromatic rings. The summed E-state index contributed by atoms with van der Waals surface area (Å²) in [6.45, 7) is 4.75. The van der Waals surface area contributed by atoms with Crippen molar-refractivity contribution in [2.75, 3.05) is 24.7 Å². The van der Waals surface area contributed by atoms with E-state index in [1.807, 2.05) is 60.8 Å². The molecule has 3 rings (SSSR count). The maximum Gasteiger partial charge on any atom is 0.265 e. The van der Waals surface area contributed by atoms with Crippen molar-refractivity contribution < 1.29 is 22.3 Å². The first-order chi connectivity index (χ1) is 13.7. The molecule has 2 aromatic carbocycles. The second kappa shape index (κ2) is 8.39. The van der Waals surface area contributed by atoms with Gasteiger partial charge in [-0.3, -0.25) is 4.55 Å². The van der Waals surface area contributed by atoms with Crippen molar-refractivity contribution in [1.82, 2.24) is 0 Å². The van der Waals surface area contributed by atoms with Crippen LogP contribution in [0.4, 0.5) is 11.4 Å². The van der Waals surface area contributed by atoms with Gasteiger partial charge in [0.1, 0.15) is 12.3 Å². The van der Waals surface area contributed by atoms with Crippen LogP contribution in [0.25, 0.3) is 0 Å². The van der Waals surface area contributed by atoms with E-state index in [0.29, 0.717) is 13.0 Å². The average molecular weight is 416 g/mol. The Bertz CT molecular complexity index is 1040. The Morgan fingerprint density at radius 3 is 2.55 bits per heavy atom. The van der Waals surface area contributed by atoms with Gasteiger partial charge in [-0.2, -0.15) is 13.0 Å². The molecule has 0 amide bonds. The van der Waals surface area contributed by atoms with Crippen molar-refractivity contribution >= 4 is 27.2 Å². The van der Waals surface area contributed by atoms with E-state index in [1.54, 1.807) is 7.11 Å². The number of hydrogen-bond acceptors (Lipinski definition) is 4. The van der Waals surface area contributed by atoms with Crippen LogP contribution in [0.1, 0.15) is 25.8 Å². The molecule has 0 bridgehead atoms. The van der Waals surface area contributed by atoms with E-state index in [-0.39, 0.29) is 11.2 Å². The van der Waals surface area contributed by atoms with Crippen LogP contribution in [0.3, 0.4) is 0 Å². The molecule has 0 atom stereocenters. The minimum Gasteiger partial charge on any atom is -0.497 e. The number of nitrogens with zero attached hydrogens (tertiary/aromatic N) is 1. The molecule has 1 heterocycles. The molecule has 1 aliphatic heterocycles. The molecule has 0 aromatic heterocycles. The third-order valence-corrected chi connectivity index (χ3v) is 5.95. The molecule has 0 spiro atoms. The highest BCUT2D eigenvalue weighted by Crippen LogP contribution is 2.41. The standard InChI is InChI=1S/C22H26N2O4S/c1-22(2)19-16-18(28-3)10-11-20(19)24(14-7-15-29(25,26)27)21(22)12-13-23-17-8-5-4-6-9-17/h4-6,8-13,16H,7,14-15H2,1-3H3,(H,25,26,27)/p+1. The molecule has 0 radical (unpaired) electrons. The lowest BCUT2D eigenvalue weighted by atomic mass is 9.81. The van der Waals surface area contributed by atoms with Gasteiger partial charge in [-0.05, 0) is 38.1 Å². The second-order valence-electron chi connectivity index (χ2n) is 7.53. The van der Waals surface area contributed by atoms with Crippen LogP contribution in [0.5, 0.6) is 5.75 Å². The quantitative estimate of drug-likeness (QED) is 0.504. The summed E-state index contributed by atoms with van der Waals surface area (Å²) in [5, 5.41) is 3.27. The predicted octanol–water partition coefficient (Wildman–Crippen LogP) is 3.98. The number of hydrogen-bond donors (Lipinski definition) is 2. The summed E-state index contributed by atoms with van der Waals surface area (Å²) in [5.74, 6) is 0.511. The zero-order chi connectivity index (χ0) is 21.1. The fourth-order valence-corrected chi connectivity index (χ4v) is 4.17. The summed E-state index contributed by atoms with van der Waals surface area (Å²) < 4.78 is 38.9. The Morgan fingerprint density at radius 2 is 1.90 bits per heavy atom. The van der Waals surface area contributed by atoms with Crippen molar-refractivity contribution in [2.45, 2.75) is 25.7 Å². The number of nitrogens with one attached hydrogen (secondary N) is 1. The molecule has 0 aliphatic carbocycles. The van der Waals surface area contributed by atoms with Crippen LogP contribution in [-0.2, 0) is 15.5 Å². The predicted molar refractivity (Wildman–Crippen MR) is 116 cm³/mol. The van der Waals surface area contributed by atoms with Crippen molar-refractivity contribution in [2.24, 2.45) is 0 Å². The zero-order valence-corrected chi connectivity index (χ0v) is 17.7. The number of benzene rings is 2. The number of anilines is 1. The molecule has 29 heavy (non-hydrogen) atoms. The van der Waals surface area contributed by atoms with Gasteiger partial charge in [-0.1, -0.05) is 18.2 Å². The number of allylic oxidation sites excluding steroid dienone is 1. The van der Waals surface area contributed by atoms with Gasteiger partial charge in [0.05, 0.1) is 18.3 Å². The van der Waals surface area contributed by atoms with E-state index in [1.165, 1.54) is 0 Å². The molecule has 0 saturated carbocycles. The molecule has 2 N–H and O–H groups in total. The third kappa shape index (κ3) is 4.86. The minimum absolute atomic E-state index is 0.269. The topological polar surface area (TPSA) is 78.6 Å². The van der Waals surface area contributed by atoms with Gasteiger partial charge in [0.15, 0.2) is 5.71 Å². The number of para-hydroxylation sites is 1. The summed E-state index contributed by atoms with van der Waals surface area (Å²) in [4.78, 5) is 0. The lowest BCUT2D eigenvalue weighted by molar-refractivity contribution is -0.437. The Kier molecular flexibility index (Phi) is 6.10. The van der Waals surface area contributed by atoms with Gasteiger partial charge in [0.2, 0.25) is 5.69 Å². The first-order valence-corrected chi connectivity index (χ1v) is 11.1. The number of rotatable bonds is 8. The smallest absolute Gasteiger partial charge is 0.265 e. The van der Waals surface area contributed by atoms with Gasteiger partial charge < -0.3 is 10.1 Å². The summed E-state index contributed by atoms with van der Waals surface area (Å²) in [6, 6.07) is 15.8. The van der Waals surface area contributed by atoms with Crippen LogP contribution in [0.15, 0.2) is 60.8 Å². The van der Waals surface area contributed by atoms with Gasteiger partial charge in [-0.25, -0.2) is 0 Å². The first kappa shape index (κ1) is 21.1. The Hall–Kier alpha value is -2.64. The lowest BCUT2D eigenvalue weighted by Crippen LogP contribution is -2.28. The fourth-order valence-electron chi connectivity index (χ4n) is 3.68. The highest BCUT2D eigenvalue weighted by atomic mass is 32.2. The SMILES string of the molecule is COc1ccc2c(c1)C(C)(C)C(/C=C/Nc1ccccc1)=[N+]2CCCS(=O)(=O)O. The number of fused-ring (bicyclic) bond motifs is 1. The van der Waals surface area contributed by atoms with E-state index in [2.05, 4.69) is 23.7 Å². The highest BCUT2D eigenvalue weighted by Gasteiger charge is 2.44. The van der Waals surface area contributed by atoms with E-state index in [4.69, 9.17) is 9.29 Å². The lowest BCUT2D eigenvalue weighted by Gasteiger charge is -2.16. The second-order valence-corrected chi connectivity index (χ2v) is 9.10. The molecule has 0 unspecified atom stereocenters. The van der Waals surface area contributed by atoms with E-state index < -0.39 is 10.1 Å². The maximum absolute atomic E-state index is 11.2. The zero-order valence-electron chi connectivity index (χ0n) is 16.9. The van der Waals surface area contributed by atoms with Crippen LogP contribution in [0.2, 0.25) is 0 Å². The number of ether oxygens (including phenoxy) is 1. The summed E-state index contributed by atoms with van der Waals surface area (Å²) in [5.41, 5.74) is 3.86. The van der Waals surface area contributed by atoms with Gasteiger partial charge in [0, 0.05) is 36.0 Å². The van der Waals surface area contributed by atoms with Crippen LogP contribution in [-0.4, -0.2) is 42.7 Å². The molecular formula is C22H27N2O4S+. The molecule has 7 heteroatoms. The first-order valence-electron chi connectivity index (χ1n) is 9.49. The van der Waals surface area contributed by atoms with Gasteiger partial charge in [-0.15, -0.1) is 0 Å². The molecule has 0 saturated heterocycles. The summed E-state index contributed by atoms with van der Waals surface area (Å²) in [7, 11) is -2.35. The summed E-state index contributed by atoms with van der Waals surface area (Å²) in [6.07, 6.45) is 4.24. The van der Waals surface area contributed by atoms with E-state index in [0.717, 1.165) is 28.4 Å². The largest absolute Gasteiger partial charge is 0.497 e. The molecular weight excluding hydrogens is 388 g/mol. The van der Waals surface area contributed by atoms with E-state index in [9.17, 15) is 8.42 Å². The van der Waals surface area contributed by atoms with Crippen LogP contribution in [0, 0.1) is 0 Å². The van der Waals surface area contributed by atoms with E-state index >= 15 is 0 Å². The van der Waals surface area contributed by atoms with Crippen LogP contribution < -0.4 is 10.1 Å². The number of methoxy groups -OCH3 is 1. The highest BCUT2D eigenvalue weighted by molar-refractivity contribution is 7.85. The van der Waals surface area contributed by atoms with Crippen molar-refractivity contribution in [3.05, 3.63) is 66.4 Å². The Morgan fingerprint density at radius 1 is 1.17 bits per heavy atom.